The molecule has 7 nitrogen and oxygen atoms in total. The van der Waals surface area contributed by atoms with E-state index < -0.39 is 0 Å². The van der Waals surface area contributed by atoms with E-state index in [9.17, 15) is 9.59 Å². The van der Waals surface area contributed by atoms with Gasteiger partial charge in [0.25, 0.3) is 11.8 Å². The smallest absolute Gasteiger partial charge is 0.276 e. The fourth-order valence-electron chi connectivity index (χ4n) is 3.40. The van der Waals surface area contributed by atoms with Crippen LogP contribution in [0.4, 0.5) is 5.69 Å². The van der Waals surface area contributed by atoms with E-state index in [1.165, 1.54) is 0 Å². The van der Waals surface area contributed by atoms with Gasteiger partial charge >= 0.3 is 0 Å². The maximum atomic E-state index is 12.5. The fourth-order valence-corrected chi connectivity index (χ4v) is 3.40. The summed E-state index contributed by atoms with van der Waals surface area (Å²) < 4.78 is 0. The molecule has 8 heteroatoms. The minimum absolute atomic E-state index is 0. The molecule has 0 bridgehead atoms. The van der Waals surface area contributed by atoms with E-state index in [1.807, 2.05) is 4.90 Å². The third-order valence-corrected chi connectivity index (χ3v) is 4.80. The molecule has 3 heterocycles. The minimum Gasteiger partial charge on any atom is -0.339 e. The number of aromatic amines is 1. The molecule has 4 rings (SSSR count). The SMILES string of the molecule is Cl.O=C(Nc1ccc(C(=O)N2CCCC2)cc1)c1n[nH]c2c1CNCC2. The van der Waals surface area contributed by atoms with Gasteiger partial charge in [0.1, 0.15) is 0 Å². The molecule has 1 aromatic carbocycles. The first-order chi connectivity index (χ1) is 12.2. The van der Waals surface area contributed by atoms with Crippen molar-refractivity contribution in [2.75, 3.05) is 25.0 Å². The number of carbonyl (C=O) groups excluding carboxylic acids is 2. The van der Waals surface area contributed by atoms with Gasteiger partial charge in [0.05, 0.1) is 0 Å². The normalized spacial score (nSPS) is 15.9. The molecule has 0 atom stereocenters. The van der Waals surface area contributed by atoms with Crippen molar-refractivity contribution in [3.63, 3.8) is 0 Å². The van der Waals surface area contributed by atoms with E-state index in [-0.39, 0.29) is 24.2 Å². The van der Waals surface area contributed by atoms with Crippen molar-refractivity contribution in [2.45, 2.75) is 25.8 Å². The Labute approximate surface area is 157 Å². The molecule has 26 heavy (non-hydrogen) atoms. The average molecular weight is 376 g/mol. The van der Waals surface area contributed by atoms with Crippen molar-refractivity contribution in [1.29, 1.82) is 0 Å². The maximum absolute atomic E-state index is 12.5. The van der Waals surface area contributed by atoms with E-state index in [0.717, 1.165) is 50.2 Å². The van der Waals surface area contributed by atoms with Crippen LogP contribution < -0.4 is 10.6 Å². The Morgan fingerprint density at radius 1 is 1.12 bits per heavy atom. The number of carbonyl (C=O) groups is 2. The van der Waals surface area contributed by atoms with Crippen molar-refractivity contribution in [3.8, 4) is 0 Å². The summed E-state index contributed by atoms with van der Waals surface area (Å²) in [4.78, 5) is 26.7. The molecule has 0 saturated carbocycles. The molecule has 0 spiro atoms. The predicted molar refractivity (Wildman–Crippen MR) is 101 cm³/mol. The Balaban J connectivity index is 0.00000196. The molecular formula is C18H22ClN5O2. The Hall–Kier alpha value is -2.38. The minimum atomic E-state index is -0.236. The molecule has 0 aliphatic carbocycles. The van der Waals surface area contributed by atoms with Gasteiger partial charge in [0.15, 0.2) is 5.69 Å². The van der Waals surface area contributed by atoms with Gasteiger partial charge in [0, 0.05) is 55.1 Å². The highest BCUT2D eigenvalue weighted by atomic mass is 35.5. The first-order valence-electron chi connectivity index (χ1n) is 8.70. The van der Waals surface area contributed by atoms with Crippen molar-refractivity contribution in [3.05, 3.63) is 46.8 Å². The number of hydrogen-bond donors (Lipinski definition) is 3. The number of fused-ring (bicyclic) bond motifs is 1. The largest absolute Gasteiger partial charge is 0.339 e. The Bertz CT molecular complexity index is 796. The number of halogens is 1. The molecule has 2 aromatic rings. The number of hydrogen-bond acceptors (Lipinski definition) is 4. The summed E-state index contributed by atoms with van der Waals surface area (Å²) >= 11 is 0. The summed E-state index contributed by atoms with van der Waals surface area (Å²) in [5.41, 5.74) is 3.70. The van der Waals surface area contributed by atoms with Gasteiger partial charge in [-0.05, 0) is 37.1 Å². The molecular weight excluding hydrogens is 354 g/mol. The highest BCUT2D eigenvalue weighted by Crippen LogP contribution is 2.18. The fraction of sp³-hybridized carbons (Fsp3) is 0.389. The molecule has 0 radical (unpaired) electrons. The molecule has 1 fully saturated rings. The summed E-state index contributed by atoms with van der Waals surface area (Å²) in [6.07, 6.45) is 2.99. The molecule has 1 aromatic heterocycles. The summed E-state index contributed by atoms with van der Waals surface area (Å²) in [7, 11) is 0. The summed E-state index contributed by atoms with van der Waals surface area (Å²) in [6, 6.07) is 7.05. The Morgan fingerprint density at radius 2 is 1.85 bits per heavy atom. The molecule has 3 N–H and O–H groups in total. The first-order valence-corrected chi connectivity index (χ1v) is 8.70. The van der Waals surface area contributed by atoms with Gasteiger partial charge in [-0.2, -0.15) is 5.10 Å². The van der Waals surface area contributed by atoms with Gasteiger partial charge in [-0.25, -0.2) is 0 Å². The van der Waals surface area contributed by atoms with Crippen molar-refractivity contribution >= 4 is 29.9 Å². The highest BCUT2D eigenvalue weighted by Gasteiger charge is 2.22. The second-order valence-electron chi connectivity index (χ2n) is 6.49. The van der Waals surface area contributed by atoms with Crippen LogP contribution in [-0.2, 0) is 13.0 Å². The van der Waals surface area contributed by atoms with Gasteiger partial charge in [-0.3, -0.25) is 14.7 Å². The first kappa shape index (κ1) is 18.4. The van der Waals surface area contributed by atoms with E-state index in [0.29, 0.717) is 23.5 Å². The lowest BCUT2D eigenvalue weighted by Crippen LogP contribution is -2.27. The van der Waals surface area contributed by atoms with Crippen molar-refractivity contribution < 1.29 is 9.59 Å². The third-order valence-electron chi connectivity index (χ3n) is 4.80. The zero-order valence-electron chi connectivity index (χ0n) is 14.4. The van der Waals surface area contributed by atoms with Gasteiger partial charge in [0.2, 0.25) is 0 Å². The molecule has 2 aliphatic heterocycles. The van der Waals surface area contributed by atoms with Crippen LogP contribution in [0.25, 0.3) is 0 Å². The quantitative estimate of drug-likeness (QED) is 0.765. The number of H-pyrrole nitrogens is 1. The Kier molecular flexibility index (Phi) is 5.58. The monoisotopic (exact) mass is 375 g/mol. The molecule has 2 amide bonds. The third kappa shape index (κ3) is 3.59. The van der Waals surface area contributed by atoms with Crippen LogP contribution in [-0.4, -0.2) is 46.5 Å². The number of benzene rings is 1. The lowest BCUT2D eigenvalue weighted by atomic mass is 10.1. The second kappa shape index (κ2) is 7.88. The number of nitrogens with one attached hydrogen (secondary N) is 3. The van der Waals surface area contributed by atoms with Gasteiger partial charge in [-0.15, -0.1) is 12.4 Å². The number of rotatable bonds is 3. The maximum Gasteiger partial charge on any atom is 0.276 e. The molecule has 138 valence electrons. The van der Waals surface area contributed by atoms with E-state index in [1.54, 1.807) is 24.3 Å². The number of amides is 2. The second-order valence-corrected chi connectivity index (χ2v) is 6.49. The molecule has 2 aliphatic rings. The van der Waals surface area contributed by atoms with Gasteiger partial charge < -0.3 is 15.5 Å². The highest BCUT2D eigenvalue weighted by molar-refractivity contribution is 6.04. The number of anilines is 1. The number of aromatic nitrogens is 2. The van der Waals surface area contributed by atoms with E-state index >= 15 is 0 Å². The van der Waals surface area contributed by atoms with Crippen LogP contribution in [0.5, 0.6) is 0 Å². The predicted octanol–water partition coefficient (Wildman–Crippen LogP) is 1.97. The lowest BCUT2D eigenvalue weighted by Gasteiger charge is -2.15. The number of likely N-dealkylation sites (tertiary alicyclic amines) is 1. The van der Waals surface area contributed by atoms with Crippen LogP contribution in [0.1, 0.15) is 44.9 Å². The van der Waals surface area contributed by atoms with E-state index in [2.05, 4.69) is 20.8 Å². The Morgan fingerprint density at radius 3 is 2.58 bits per heavy atom. The van der Waals surface area contributed by atoms with Crippen LogP contribution in [0.3, 0.4) is 0 Å². The standard InChI is InChI=1S/C18H21N5O2.ClH/c24-17(16-14-11-19-8-7-15(14)21-22-16)20-13-5-3-12(4-6-13)18(25)23-9-1-2-10-23;/h3-6,19H,1-2,7-11H2,(H,20,24)(H,21,22);1H. The summed E-state index contributed by atoms with van der Waals surface area (Å²) in [6.45, 7) is 3.20. The topological polar surface area (TPSA) is 90.1 Å². The number of nitrogens with zero attached hydrogens (tertiary/aromatic N) is 2. The zero-order valence-corrected chi connectivity index (χ0v) is 15.2. The van der Waals surface area contributed by atoms with Crippen LogP contribution >= 0.6 is 12.4 Å². The summed E-state index contributed by atoms with van der Waals surface area (Å²) in [5.74, 6) is -0.178. The van der Waals surface area contributed by atoms with Gasteiger partial charge in [-0.1, -0.05) is 0 Å². The molecule has 0 unspecified atom stereocenters. The van der Waals surface area contributed by atoms with E-state index in [4.69, 9.17) is 0 Å². The van der Waals surface area contributed by atoms with Crippen LogP contribution in [0.2, 0.25) is 0 Å². The summed E-state index contributed by atoms with van der Waals surface area (Å²) in [5, 5.41) is 13.2. The zero-order chi connectivity index (χ0) is 17.2. The van der Waals surface area contributed by atoms with Crippen molar-refractivity contribution in [1.82, 2.24) is 20.4 Å². The van der Waals surface area contributed by atoms with Crippen LogP contribution in [0.15, 0.2) is 24.3 Å². The lowest BCUT2D eigenvalue weighted by molar-refractivity contribution is 0.0792. The molecule has 1 saturated heterocycles. The van der Waals surface area contributed by atoms with Crippen molar-refractivity contribution in [2.24, 2.45) is 0 Å². The van der Waals surface area contributed by atoms with Crippen LogP contribution in [0, 0.1) is 0 Å². The average Bonchev–Trinajstić information content (AvgIpc) is 3.31.